The maximum atomic E-state index is 14.4. The summed E-state index contributed by atoms with van der Waals surface area (Å²) < 4.78 is 16.7. The van der Waals surface area contributed by atoms with Crippen LogP contribution >= 0.6 is 0 Å². The van der Waals surface area contributed by atoms with Crippen molar-refractivity contribution in [2.24, 2.45) is 17.4 Å². The van der Waals surface area contributed by atoms with Crippen LogP contribution in [0.2, 0.25) is 0 Å². The summed E-state index contributed by atoms with van der Waals surface area (Å²) in [6.07, 6.45) is 6.15. The highest BCUT2D eigenvalue weighted by molar-refractivity contribution is 5.93. The molecule has 1 aromatic carbocycles. The minimum atomic E-state index is -1.12. The Morgan fingerprint density at radius 3 is 2.13 bits per heavy atom. The second-order valence-electron chi connectivity index (χ2n) is 10.5. The number of nitrogens with one attached hydrogen (secondary N) is 1. The SMILES string of the molecule is COc1cc([C@@H](C(=O)N2CCCC[C@H]2C(=O)N[C@@H](CCC(N)O)C(N)=O)C2CCCCC2)cc(OC)c1OC. The Labute approximate surface area is 230 Å². The Morgan fingerprint density at radius 2 is 1.59 bits per heavy atom. The number of aliphatic hydroxyl groups excluding tert-OH is 1. The van der Waals surface area contributed by atoms with Crippen LogP contribution in [0.4, 0.5) is 0 Å². The zero-order chi connectivity index (χ0) is 28.5. The number of hydrogen-bond acceptors (Lipinski definition) is 8. The third kappa shape index (κ3) is 7.54. The van der Waals surface area contributed by atoms with Gasteiger partial charge in [-0.3, -0.25) is 14.4 Å². The summed E-state index contributed by atoms with van der Waals surface area (Å²) in [5, 5.41) is 12.1. The van der Waals surface area contributed by atoms with E-state index in [1.807, 2.05) is 12.1 Å². The smallest absolute Gasteiger partial charge is 0.243 e. The summed E-state index contributed by atoms with van der Waals surface area (Å²) in [7, 11) is 4.62. The van der Waals surface area contributed by atoms with Gasteiger partial charge in [0.2, 0.25) is 23.5 Å². The summed E-state index contributed by atoms with van der Waals surface area (Å²) >= 11 is 0. The molecule has 1 unspecified atom stereocenters. The van der Waals surface area contributed by atoms with Crippen molar-refractivity contribution >= 4 is 17.7 Å². The molecule has 0 radical (unpaired) electrons. The summed E-state index contributed by atoms with van der Waals surface area (Å²) in [6.45, 7) is 0.438. The number of likely N-dealkylation sites (tertiary alicyclic amines) is 1. The summed E-state index contributed by atoms with van der Waals surface area (Å²) in [5.74, 6) is -0.255. The second-order valence-corrected chi connectivity index (χ2v) is 10.5. The van der Waals surface area contributed by atoms with E-state index in [1.54, 1.807) is 19.1 Å². The van der Waals surface area contributed by atoms with Crippen LogP contribution in [-0.2, 0) is 14.4 Å². The van der Waals surface area contributed by atoms with Crippen LogP contribution in [-0.4, -0.2) is 73.9 Å². The molecule has 11 heteroatoms. The zero-order valence-corrected chi connectivity index (χ0v) is 23.3. The van der Waals surface area contributed by atoms with Gasteiger partial charge in [0.1, 0.15) is 18.3 Å². The largest absolute Gasteiger partial charge is 0.493 e. The highest BCUT2D eigenvalue weighted by atomic mass is 16.5. The Hall–Kier alpha value is -3.05. The fraction of sp³-hybridized carbons (Fsp3) is 0.679. The first-order valence-corrected chi connectivity index (χ1v) is 13.9. The van der Waals surface area contributed by atoms with E-state index in [0.717, 1.165) is 50.5 Å². The molecular formula is C28H44N4O7. The van der Waals surface area contributed by atoms with Gasteiger partial charge in [-0.25, -0.2) is 0 Å². The molecule has 1 aromatic rings. The zero-order valence-electron chi connectivity index (χ0n) is 23.3. The number of nitrogens with two attached hydrogens (primary N) is 2. The topological polar surface area (TPSA) is 166 Å². The second kappa shape index (κ2) is 14.4. The lowest BCUT2D eigenvalue weighted by Gasteiger charge is -2.40. The van der Waals surface area contributed by atoms with E-state index in [0.29, 0.717) is 30.2 Å². The Kier molecular flexibility index (Phi) is 11.2. The molecular weight excluding hydrogens is 504 g/mol. The van der Waals surface area contributed by atoms with Gasteiger partial charge >= 0.3 is 0 Å². The minimum Gasteiger partial charge on any atom is -0.493 e. The normalized spacial score (nSPS) is 20.4. The van der Waals surface area contributed by atoms with Gasteiger partial charge in [0, 0.05) is 6.54 Å². The molecule has 1 aliphatic heterocycles. The van der Waals surface area contributed by atoms with E-state index in [1.165, 1.54) is 7.11 Å². The van der Waals surface area contributed by atoms with E-state index in [4.69, 9.17) is 25.7 Å². The van der Waals surface area contributed by atoms with Crippen LogP contribution in [0.25, 0.3) is 0 Å². The predicted molar refractivity (Wildman–Crippen MR) is 145 cm³/mol. The third-order valence-electron chi connectivity index (χ3n) is 7.93. The predicted octanol–water partition coefficient (Wildman–Crippen LogP) is 1.78. The van der Waals surface area contributed by atoms with E-state index >= 15 is 0 Å². The first-order chi connectivity index (χ1) is 18.7. The number of ether oxygens (including phenoxy) is 3. The molecule has 0 spiro atoms. The van der Waals surface area contributed by atoms with E-state index in [-0.39, 0.29) is 24.7 Å². The Bertz CT molecular complexity index is 971. The average Bonchev–Trinajstić information content (AvgIpc) is 2.94. The number of methoxy groups -OCH3 is 3. The molecule has 1 aliphatic carbocycles. The van der Waals surface area contributed by atoms with Crippen molar-refractivity contribution in [3.63, 3.8) is 0 Å². The molecule has 0 aromatic heterocycles. The van der Waals surface area contributed by atoms with Gasteiger partial charge in [0.25, 0.3) is 0 Å². The van der Waals surface area contributed by atoms with Crippen molar-refractivity contribution in [1.29, 1.82) is 0 Å². The molecule has 1 saturated heterocycles. The van der Waals surface area contributed by atoms with Crippen LogP contribution < -0.4 is 31.0 Å². The van der Waals surface area contributed by atoms with Gasteiger partial charge in [0.15, 0.2) is 11.5 Å². The molecule has 3 rings (SSSR count). The molecule has 4 atom stereocenters. The number of amides is 3. The van der Waals surface area contributed by atoms with E-state index in [2.05, 4.69) is 5.32 Å². The standard InChI is InChI=1S/C28H44N4O7/c1-37-21-15-18(16-22(38-2)25(21)39-3)24(17-9-5-4-6-10-17)28(36)32-14-8-7-11-20(32)27(35)31-19(26(30)34)12-13-23(29)33/h15-17,19-20,23-24,33H,4-14,29H2,1-3H3,(H2,30,34)(H,31,35)/t19-,20-,23?,24-/m0/s1. The van der Waals surface area contributed by atoms with E-state index in [9.17, 15) is 19.5 Å². The molecule has 6 N–H and O–H groups in total. The lowest BCUT2D eigenvalue weighted by atomic mass is 9.75. The molecule has 2 aliphatic rings. The van der Waals surface area contributed by atoms with Crippen LogP contribution in [0, 0.1) is 5.92 Å². The summed E-state index contributed by atoms with van der Waals surface area (Å²) in [4.78, 5) is 41.5. The van der Waals surface area contributed by atoms with Crippen molar-refractivity contribution in [1.82, 2.24) is 10.2 Å². The lowest BCUT2D eigenvalue weighted by molar-refractivity contribution is -0.145. The number of hydrogen-bond donors (Lipinski definition) is 4. The van der Waals surface area contributed by atoms with Crippen molar-refractivity contribution < 1.29 is 33.7 Å². The monoisotopic (exact) mass is 548 g/mol. The Morgan fingerprint density at radius 1 is 0.974 bits per heavy atom. The summed E-state index contributed by atoms with van der Waals surface area (Å²) in [6, 6.07) is 1.94. The van der Waals surface area contributed by atoms with Crippen LogP contribution in [0.5, 0.6) is 17.2 Å². The molecule has 1 saturated carbocycles. The number of nitrogens with zero attached hydrogens (tertiary/aromatic N) is 1. The van der Waals surface area contributed by atoms with Crippen molar-refractivity contribution in [2.75, 3.05) is 27.9 Å². The number of aliphatic hydroxyl groups is 1. The van der Waals surface area contributed by atoms with Crippen molar-refractivity contribution in [2.45, 2.75) is 88.4 Å². The van der Waals surface area contributed by atoms with Crippen LogP contribution in [0.3, 0.4) is 0 Å². The van der Waals surface area contributed by atoms with Crippen LogP contribution in [0.15, 0.2) is 12.1 Å². The van der Waals surface area contributed by atoms with Gasteiger partial charge in [0.05, 0.1) is 27.2 Å². The first kappa shape index (κ1) is 30.5. The number of carbonyl (C=O) groups excluding carboxylic acids is 3. The van der Waals surface area contributed by atoms with Crippen LogP contribution in [0.1, 0.15) is 75.7 Å². The fourth-order valence-electron chi connectivity index (χ4n) is 5.90. The molecule has 218 valence electrons. The van der Waals surface area contributed by atoms with Gasteiger partial charge in [-0.05, 0) is 68.6 Å². The number of piperidine rings is 1. The third-order valence-corrected chi connectivity index (χ3v) is 7.93. The first-order valence-electron chi connectivity index (χ1n) is 13.9. The number of benzene rings is 1. The molecule has 11 nitrogen and oxygen atoms in total. The fourth-order valence-corrected chi connectivity index (χ4v) is 5.90. The number of carbonyl (C=O) groups is 3. The highest BCUT2D eigenvalue weighted by Crippen LogP contribution is 2.45. The van der Waals surface area contributed by atoms with Gasteiger partial charge in [-0.2, -0.15) is 0 Å². The maximum Gasteiger partial charge on any atom is 0.243 e. The van der Waals surface area contributed by atoms with Gasteiger partial charge in [-0.15, -0.1) is 0 Å². The highest BCUT2D eigenvalue weighted by Gasteiger charge is 2.40. The Balaban J connectivity index is 1.95. The minimum absolute atomic E-state index is 0.101. The lowest BCUT2D eigenvalue weighted by Crippen LogP contribution is -2.57. The molecule has 2 fully saturated rings. The van der Waals surface area contributed by atoms with Gasteiger partial charge in [-0.1, -0.05) is 19.3 Å². The quantitative estimate of drug-likeness (QED) is 0.287. The van der Waals surface area contributed by atoms with E-state index < -0.39 is 36.0 Å². The number of rotatable bonds is 12. The van der Waals surface area contributed by atoms with Gasteiger partial charge < -0.3 is 41.0 Å². The molecule has 1 heterocycles. The maximum absolute atomic E-state index is 14.4. The molecule has 39 heavy (non-hydrogen) atoms. The molecule has 3 amide bonds. The van der Waals surface area contributed by atoms with Crippen molar-refractivity contribution in [3.05, 3.63) is 17.7 Å². The summed E-state index contributed by atoms with van der Waals surface area (Å²) in [5.41, 5.74) is 11.7. The molecule has 0 bridgehead atoms. The average molecular weight is 549 g/mol. The number of primary amides is 1. The van der Waals surface area contributed by atoms with Crippen molar-refractivity contribution in [3.8, 4) is 17.2 Å².